The van der Waals surface area contributed by atoms with Crippen LogP contribution in [-0.2, 0) is 4.79 Å². The molecule has 1 aliphatic rings. The third-order valence-electron chi connectivity index (χ3n) is 6.25. The lowest BCUT2D eigenvalue weighted by molar-refractivity contribution is -0.123. The van der Waals surface area contributed by atoms with Crippen LogP contribution in [0.4, 0.5) is 16.2 Å². The van der Waals surface area contributed by atoms with E-state index in [-0.39, 0.29) is 16.6 Å². The van der Waals surface area contributed by atoms with Crippen molar-refractivity contribution >= 4 is 46.5 Å². The molecular weight excluding hydrogens is 499 g/mol. The molecule has 36 heavy (non-hydrogen) atoms. The van der Waals surface area contributed by atoms with Crippen molar-refractivity contribution in [2.45, 2.75) is 32.7 Å². The first-order chi connectivity index (χ1) is 17.2. The summed E-state index contributed by atoms with van der Waals surface area (Å²) >= 11 is 12.7. The Labute approximate surface area is 220 Å². The fourth-order valence-corrected chi connectivity index (χ4v) is 4.66. The molecule has 1 aromatic heterocycles. The second-order valence-electron chi connectivity index (χ2n) is 8.87. The second-order valence-corrected chi connectivity index (χ2v) is 9.65. The fourth-order valence-electron chi connectivity index (χ4n) is 4.18. The van der Waals surface area contributed by atoms with Crippen LogP contribution in [0.5, 0.6) is 5.75 Å². The minimum Gasteiger partial charge on any atom is -0.493 e. The van der Waals surface area contributed by atoms with Gasteiger partial charge in [-0.15, -0.1) is 0 Å². The number of aromatic nitrogens is 1. The van der Waals surface area contributed by atoms with E-state index in [1.165, 1.54) is 11.0 Å². The van der Waals surface area contributed by atoms with Crippen molar-refractivity contribution < 1.29 is 14.3 Å². The summed E-state index contributed by atoms with van der Waals surface area (Å²) in [5.41, 5.74) is 1.99. The Morgan fingerprint density at radius 2 is 1.81 bits per heavy atom. The number of nitrogens with zero attached hydrogens (tertiary/aromatic N) is 4. The Kier molecular flexibility index (Phi) is 7.21. The standard InChI is InChI=1S/C27H24Cl2N4O3/c1-17-23(9-8-22(30-4)24(17)29)33-25(34)27(2,3)32(26(33)35)14-5-15-36-19-6-7-20(21(28)16-19)18-10-12-31-13-11-18/h6-13,16H,5,14-15H2,1-3H3. The van der Waals surface area contributed by atoms with Crippen LogP contribution in [0.3, 0.4) is 0 Å². The molecule has 0 radical (unpaired) electrons. The lowest BCUT2D eigenvalue weighted by atomic mass is 10.0. The zero-order chi connectivity index (χ0) is 26.0. The lowest BCUT2D eigenvalue weighted by Crippen LogP contribution is -2.44. The van der Waals surface area contributed by atoms with Gasteiger partial charge in [-0.25, -0.2) is 14.5 Å². The highest BCUT2D eigenvalue weighted by Crippen LogP contribution is 2.39. The first-order valence-electron chi connectivity index (χ1n) is 11.3. The van der Waals surface area contributed by atoms with Gasteiger partial charge in [0.2, 0.25) is 5.69 Å². The highest BCUT2D eigenvalue weighted by atomic mass is 35.5. The summed E-state index contributed by atoms with van der Waals surface area (Å²) in [6.45, 7) is 13.0. The van der Waals surface area contributed by atoms with Gasteiger partial charge in [0.1, 0.15) is 11.3 Å². The topological polar surface area (TPSA) is 67.1 Å². The van der Waals surface area contributed by atoms with Crippen LogP contribution < -0.4 is 9.64 Å². The van der Waals surface area contributed by atoms with Crippen molar-refractivity contribution in [1.82, 2.24) is 9.88 Å². The molecule has 0 aliphatic carbocycles. The quantitative estimate of drug-likeness (QED) is 0.191. The first kappa shape index (κ1) is 25.5. The number of benzene rings is 2. The number of hydrogen-bond acceptors (Lipinski definition) is 4. The molecule has 184 valence electrons. The molecule has 4 rings (SSSR count). The molecule has 1 saturated heterocycles. The number of carbonyl (C=O) groups excluding carboxylic acids is 2. The Morgan fingerprint density at radius 1 is 1.08 bits per heavy atom. The highest BCUT2D eigenvalue weighted by molar-refractivity contribution is 6.35. The summed E-state index contributed by atoms with van der Waals surface area (Å²) in [5, 5.41) is 0.801. The molecule has 1 fully saturated rings. The molecule has 1 aliphatic heterocycles. The third-order valence-corrected chi connectivity index (χ3v) is 7.04. The molecule has 0 N–H and O–H groups in total. The Balaban J connectivity index is 1.42. The number of anilines is 1. The largest absolute Gasteiger partial charge is 0.493 e. The van der Waals surface area contributed by atoms with Crippen LogP contribution in [0, 0.1) is 13.5 Å². The van der Waals surface area contributed by atoms with Crippen molar-refractivity contribution in [2.24, 2.45) is 0 Å². The van der Waals surface area contributed by atoms with Crippen molar-refractivity contribution in [3.63, 3.8) is 0 Å². The first-order valence-corrected chi connectivity index (χ1v) is 12.1. The minimum atomic E-state index is -1.04. The van der Waals surface area contributed by atoms with Gasteiger partial charge in [0.25, 0.3) is 5.91 Å². The summed E-state index contributed by atoms with van der Waals surface area (Å²) in [4.78, 5) is 36.6. The van der Waals surface area contributed by atoms with Crippen LogP contribution in [-0.4, -0.2) is 40.5 Å². The molecule has 9 heteroatoms. The van der Waals surface area contributed by atoms with Crippen LogP contribution >= 0.6 is 23.2 Å². The van der Waals surface area contributed by atoms with Crippen LogP contribution in [0.2, 0.25) is 10.0 Å². The average Bonchev–Trinajstić information content (AvgIpc) is 3.03. The van der Waals surface area contributed by atoms with Gasteiger partial charge in [-0.05, 0) is 74.7 Å². The van der Waals surface area contributed by atoms with E-state index < -0.39 is 11.6 Å². The summed E-state index contributed by atoms with van der Waals surface area (Å²) in [6, 6.07) is 11.9. The third kappa shape index (κ3) is 4.62. The van der Waals surface area contributed by atoms with Gasteiger partial charge in [0.05, 0.1) is 28.9 Å². The van der Waals surface area contributed by atoms with Crippen molar-refractivity contribution in [3.8, 4) is 16.9 Å². The summed E-state index contributed by atoms with van der Waals surface area (Å²) < 4.78 is 5.86. The van der Waals surface area contributed by atoms with Gasteiger partial charge >= 0.3 is 6.03 Å². The number of pyridine rings is 1. The molecule has 2 aromatic carbocycles. The summed E-state index contributed by atoms with van der Waals surface area (Å²) in [5.74, 6) is 0.273. The number of imide groups is 1. The Hall–Kier alpha value is -3.60. The number of urea groups is 1. The smallest absolute Gasteiger partial charge is 0.332 e. The van der Waals surface area contributed by atoms with E-state index in [0.717, 1.165) is 16.0 Å². The molecule has 0 spiro atoms. The molecular formula is C27H24Cl2N4O3. The predicted molar refractivity (Wildman–Crippen MR) is 141 cm³/mol. The van der Waals surface area contributed by atoms with E-state index in [2.05, 4.69) is 9.83 Å². The second kappa shape index (κ2) is 10.2. The summed E-state index contributed by atoms with van der Waals surface area (Å²) in [7, 11) is 0. The molecule has 0 unspecified atom stereocenters. The molecule has 0 atom stereocenters. The molecule has 3 aromatic rings. The fraction of sp³-hybridized carbons (Fsp3) is 0.259. The number of amides is 3. The monoisotopic (exact) mass is 522 g/mol. The number of carbonyl (C=O) groups is 2. The Morgan fingerprint density at radius 3 is 2.47 bits per heavy atom. The van der Waals surface area contributed by atoms with E-state index in [9.17, 15) is 9.59 Å². The Bertz CT molecular complexity index is 1370. The summed E-state index contributed by atoms with van der Waals surface area (Å²) in [6.07, 6.45) is 3.93. The van der Waals surface area contributed by atoms with Crippen molar-refractivity contribution in [1.29, 1.82) is 0 Å². The van der Waals surface area contributed by atoms with E-state index in [0.29, 0.717) is 41.6 Å². The zero-order valence-electron chi connectivity index (χ0n) is 20.1. The number of rotatable bonds is 7. The zero-order valence-corrected chi connectivity index (χ0v) is 21.6. The molecule has 0 saturated carbocycles. The normalized spacial score (nSPS) is 14.8. The lowest BCUT2D eigenvalue weighted by Gasteiger charge is -2.27. The average molecular weight is 523 g/mol. The van der Waals surface area contributed by atoms with E-state index >= 15 is 0 Å². The minimum absolute atomic E-state index is 0.237. The molecule has 0 bridgehead atoms. The maximum atomic E-state index is 13.3. The van der Waals surface area contributed by atoms with Gasteiger partial charge in [0.15, 0.2) is 0 Å². The van der Waals surface area contributed by atoms with Gasteiger partial charge in [-0.2, -0.15) is 0 Å². The maximum absolute atomic E-state index is 13.3. The van der Waals surface area contributed by atoms with E-state index in [1.807, 2.05) is 24.3 Å². The van der Waals surface area contributed by atoms with Crippen LogP contribution in [0.25, 0.3) is 16.0 Å². The van der Waals surface area contributed by atoms with Gasteiger partial charge in [0, 0.05) is 24.5 Å². The van der Waals surface area contributed by atoms with Crippen LogP contribution in [0.1, 0.15) is 25.8 Å². The molecule has 7 nitrogen and oxygen atoms in total. The van der Waals surface area contributed by atoms with E-state index in [1.54, 1.807) is 45.3 Å². The van der Waals surface area contributed by atoms with Gasteiger partial charge in [-0.3, -0.25) is 9.78 Å². The van der Waals surface area contributed by atoms with Gasteiger partial charge in [-0.1, -0.05) is 29.3 Å². The number of halogens is 2. The van der Waals surface area contributed by atoms with E-state index in [4.69, 9.17) is 34.5 Å². The van der Waals surface area contributed by atoms with Gasteiger partial charge < -0.3 is 9.64 Å². The van der Waals surface area contributed by atoms with Crippen molar-refractivity contribution in [2.75, 3.05) is 18.1 Å². The predicted octanol–water partition coefficient (Wildman–Crippen LogP) is 6.93. The highest BCUT2D eigenvalue weighted by Gasteiger charge is 2.51. The number of ether oxygens (including phenoxy) is 1. The molecule has 2 heterocycles. The maximum Gasteiger partial charge on any atom is 0.332 e. The van der Waals surface area contributed by atoms with Crippen LogP contribution in [0.15, 0.2) is 54.9 Å². The molecule has 3 amide bonds. The van der Waals surface area contributed by atoms with Crippen molar-refractivity contribution in [3.05, 3.63) is 81.9 Å². The number of hydrogen-bond donors (Lipinski definition) is 0. The SMILES string of the molecule is [C-]#[N+]c1ccc(N2C(=O)N(CCCOc3ccc(-c4ccncc4)c(Cl)c3)C(C)(C)C2=O)c(C)c1Cl.